The summed E-state index contributed by atoms with van der Waals surface area (Å²) in [6.07, 6.45) is 0.428. The van der Waals surface area contributed by atoms with Crippen LogP contribution in [-0.4, -0.2) is 74.1 Å². The Morgan fingerprint density at radius 3 is 2.36 bits per heavy atom. The number of aromatic nitrogens is 2. The number of nitrogens with zero attached hydrogens (tertiary/aromatic N) is 3. The van der Waals surface area contributed by atoms with Crippen LogP contribution in [0.25, 0.3) is 11.5 Å². The third-order valence-corrected chi connectivity index (χ3v) is 8.36. The van der Waals surface area contributed by atoms with Crippen molar-refractivity contribution in [2.24, 2.45) is 0 Å². The van der Waals surface area contributed by atoms with Crippen LogP contribution in [0.3, 0.4) is 0 Å². The van der Waals surface area contributed by atoms with Gasteiger partial charge in [0.1, 0.15) is 0 Å². The molecule has 1 atom stereocenters. The summed E-state index contributed by atoms with van der Waals surface area (Å²) in [7, 11) is 1.39. The maximum atomic E-state index is 13.2. The highest BCUT2D eigenvalue weighted by Gasteiger charge is 2.34. The van der Waals surface area contributed by atoms with Gasteiger partial charge in [-0.05, 0) is 24.1 Å². The molecule has 1 unspecified atom stereocenters. The molecule has 10 nitrogen and oxygen atoms in total. The molecule has 36 heavy (non-hydrogen) atoms. The average Bonchev–Trinajstić information content (AvgIpc) is 3.51. The van der Waals surface area contributed by atoms with E-state index in [1.54, 1.807) is 17.0 Å². The molecule has 1 saturated heterocycles. The first-order valence-corrected chi connectivity index (χ1v) is 13.9. The molecule has 1 aliphatic rings. The molecule has 1 aromatic heterocycles. The largest absolute Gasteiger partial charge is 0.493 e. The maximum Gasteiger partial charge on any atom is 0.277 e. The summed E-state index contributed by atoms with van der Waals surface area (Å²) in [5.74, 6) is 1.45. The van der Waals surface area contributed by atoms with Gasteiger partial charge in [-0.1, -0.05) is 42.1 Å². The van der Waals surface area contributed by atoms with Gasteiger partial charge in [-0.2, -0.15) is 0 Å². The van der Waals surface area contributed by atoms with Crippen molar-refractivity contribution in [1.29, 1.82) is 0 Å². The lowest BCUT2D eigenvalue weighted by molar-refractivity contribution is -0.130. The molecule has 2 aromatic carbocycles. The lowest BCUT2D eigenvalue weighted by Crippen LogP contribution is -2.41. The lowest BCUT2D eigenvalue weighted by atomic mass is 10.1. The highest BCUT2D eigenvalue weighted by atomic mass is 32.2. The van der Waals surface area contributed by atoms with Gasteiger partial charge in [0.05, 0.1) is 38.6 Å². The minimum absolute atomic E-state index is 0.0257. The molecule has 0 spiro atoms. The maximum absolute atomic E-state index is 13.2. The normalized spacial score (nSPS) is 16.5. The van der Waals surface area contributed by atoms with E-state index in [2.05, 4.69) is 10.2 Å². The first-order chi connectivity index (χ1) is 17.3. The van der Waals surface area contributed by atoms with Crippen LogP contribution in [0, 0.1) is 0 Å². The van der Waals surface area contributed by atoms with Crippen molar-refractivity contribution < 1.29 is 31.8 Å². The summed E-state index contributed by atoms with van der Waals surface area (Å²) in [6.45, 7) is 0.334. The lowest BCUT2D eigenvalue weighted by Gasteiger charge is -2.28. The molecule has 4 rings (SSSR count). The number of ether oxygens (including phenoxy) is 3. The fraction of sp³-hybridized carbons (Fsp3) is 0.375. The summed E-state index contributed by atoms with van der Waals surface area (Å²) in [6, 6.07) is 12.5. The van der Waals surface area contributed by atoms with Crippen molar-refractivity contribution in [1.82, 2.24) is 15.1 Å². The van der Waals surface area contributed by atoms with Gasteiger partial charge in [0, 0.05) is 18.2 Å². The average molecular weight is 534 g/mol. The van der Waals surface area contributed by atoms with Gasteiger partial charge in [-0.3, -0.25) is 4.79 Å². The zero-order valence-electron chi connectivity index (χ0n) is 20.2. The van der Waals surface area contributed by atoms with Gasteiger partial charge in [-0.15, -0.1) is 10.2 Å². The highest BCUT2D eigenvalue weighted by Crippen LogP contribution is 2.41. The molecule has 1 fully saturated rings. The summed E-state index contributed by atoms with van der Waals surface area (Å²) in [4.78, 5) is 14.8. The Kier molecular flexibility index (Phi) is 8.04. The molecule has 1 aliphatic heterocycles. The minimum atomic E-state index is -3.15. The van der Waals surface area contributed by atoms with E-state index >= 15 is 0 Å². The van der Waals surface area contributed by atoms with Gasteiger partial charge in [0.25, 0.3) is 5.22 Å². The van der Waals surface area contributed by atoms with Crippen molar-refractivity contribution in [2.75, 3.05) is 38.6 Å². The Hall–Kier alpha value is -3.25. The van der Waals surface area contributed by atoms with Crippen LogP contribution in [0.4, 0.5) is 0 Å². The van der Waals surface area contributed by atoms with Crippen molar-refractivity contribution in [3.05, 3.63) is 48.0 Å². The first kappa shape index (κ1) is 25.8. The topological polar surface area (TPSA) is 121 Å². The third kappa shape index (κ3) is 5.93. The second-order valence-corrected chi connectivity index (χ2v) is 11.3. The summed E-state index contributed by atoms with van der Waals surface area (Å²) in [5.41, 5.74) is 1.50. The van der Waals surface area contributed by atoms with E-state index < -0.39 is 9.84 Å². The van der Waals surface area contributed by atoms with Crippen LogP contribution in [0.2, 0.25) is 0 Å². The second kappa shape index (κ2) is 11.2. The van der Waals surface area contributed by atoms with Gasteiger partial charge in [0.15, 0.2) is 21.3 Å². The Bertz CT molecular complexity index is 1290. The molecule has 1 amide bonds. The van der Waals surface area contributed by atoms with Crippen LogP contribution < -0.4 is 14.2 Å². The van der Waals surface area contributed by atoms with Gasteiger partial charge in [0.2, 0.25) is 17.5 Å². The predicted octanol–water partition coefficient (Wildman–Crippen LogP) is 3.07. The van der Waals surface area contributed by atoms with E-state index in [0.717, 1.165) is 17.3 Å². The summed E-state index contributed by atoms with van der Waals surface area (Å²) < 4.78 is 46.0. The van der Waals surface area contributed by atoms with E-state index in [1.165, 1.54) is 21.3 Å². The standard InChI is InChI=1S/C24H27N3O7S2/c1-31-19-11-17(12-20(32-2)22(19)33-3)23-25-26-24(34-23)35-14-21(28)27(13-16-7-5-4-6-8-16)18-9-10-36(29,30)15-18/h4-8,11-12,18H,9-10,13-15H2,1-3H3. The third-order valence-electron chi connectivity index (χ3n) is 5.80. The van der Waals surface area contributed by atoms with Crippen molar-refractivity contribution >= 4 is 27.5 Å². The first-order valence-electron chi connectivity index (χ1n) is 11.1. The molecule has 2 heterocycles. The van der Waals surface area contributed by atoms with Gasteiger partial charge < -0.3 is 23.5 Å². The smallest absolute Gasteiger partial charge is 0.277 e. The molecule has 192 valence electrons. The Labute approximate surface area is 213 Å². The second-order valence-electron chi connectivity index (χ2n) is 8.14. The quantitative estimate of drug-likeness (QED) is 0.360. The number of carbonyl (C=O) groups excluding carboxylic acids is 1. The molecular weight excluding hydrogens is 506 g/mol. The highest BCUT2D eigenvalue weighted by molar-refractivity contribution is 7.99. The molecule has 0 saturated carbocycles. The number of benzene rings is 2. The number of amides is 1. The summed E-state index contributed by atoms with van der Waals surface area (Å²) >= 11 is 1.10. The number of methoxy groups -OCH3 is 3. The van der Waals surface area contributed by atoms with Crippen molar-refractivity contribution in [2.45, 2.75) is 24.2 Å². The molecule has 3 aromatic rings. The number of thioether (sulfide) groups is 1. The minimum Gasteiger partial charge on any atom is -0.493 e. The van der Waals surface area contributed by atoms with Crippen LogP contribution in [0.5, 0.6) is 17.2 Å². The van der Waals surface area contributed by atoms with E-state index in [9.17, 15) is 13.2 Å². The molecular formula is C24H27N3O7S2. The molecule has 12 heteroatoms. The number of hydrogen-bond acceptors (Lipinski definition) is 10. The molecule has 0 bridgehead atoms. The fourth-order valence-electron chi connectivity index (χ4n) is 4.02. The number of rotatable bonds is 10. The SMILES string of the molecule is COc1cc(-c2nnc(SCC(=O)N(Cc3ccccc3)C3CCS(=O)(=O)C3)o2)cc(OC)c1OC. The Morgan fingerprint density at radius 2 is 1.78 bits per heavy atom. The number of sulfone groups is 1. The van der Waals surface area contributed by atoms with Crippen LogP contribution >= 0.6 is 11.8 Å². The zero-order valence-corrected chi connectivity index (χ0v) is 21.8. The molecule has 0 radical (unpaired) electrons. The monoisotopic (exact) mass is 533 g/mol. The number of hydrogen-bond donors (Lipinski definition) is 0. The van der Waals surface area contributed by atoms with E-state index in [4.69, 9.17) is 18.6 Å². The molecule has 0 aliphatic carbocycles. The fourth-order valence-corrected chi connectivity index (χ4v) is 6.40. The van der Waals surface area contributed by atoms with Crippen LogP contribution in [-0.2, 0) is 21.2 Å². The molecule has 0 N–H and O–H groups in total. The van der Waals surface area contributed by atoms with E-state index in [0.29, 0.717) is 35.8 Å². The van der Waals surface area contributed by atoms with Gasteiger partial charge in [-0.25, -0.2) is 8.42 Å². The van der Waals surface area contributed by atoms with Crippen molar-refractivity contribution in [3.8, 4) is 28.7 Å². The van der Waals surface area contributed by atoms with Crippen molar-refractivity contribution in [3.63, 3.8) is 0 Å². The Balaban J connectivity index is 1.48. The Morgan fingerprint density at radius 1 is 1.08 bits per heavy atom. The van der Waals surface area contributed by atoms with Crippen LogP contribution in [0.15, 0.2) is 52.1 Å². The van der Waals surface area contributed by atoms with E-state index in [1.807, 2.05) is 30.3 Å². The van der Waals surface area contributed by atoms with Crippen LogP contribution in [0.1, 0.15) is 12.0 Å². The van der Waals surface area contributed by atoms with E-state index in [-0.39, 0.29) is 40.3 Å². The number of carbonyl (C=O) groups is 1. The van der Waals surface area contributed by atoms with Gasteiger partial charge >= 0.3 is 0 Å². The summed E-state index contributed by atoms with van der Waals surface area (Å²) in [5, 5.41) is 8.35. The zero-order chi connectivity index (χ0) is 25.7. The predicted molar refractivity (Wildman–Crippen MR) is 134 cm³/mol.